The van der Waals surface area contributed by atoms with Crippen molar-refractivity contribution in [1.29, 1.82) is 0 Å². The van der Waals surface area contributed by atoms with Gasteiger partial charge in [-0.3, -0.25) is 34.9 Å². The molecule has 3 aromatic carbocycles. The largest absolute Gasteiger partial charge is 0.347 e. The highest BCUT2D eigenvalue weighted by Gasteiger charge is 2.20. The fourth-order valence-electron chi connectivity index (χ4n) is 4.59. The Balaban J connectivity index is 1.12. The van der Waals surface area contributed by atoms with Gasteiger partial charge in [0.1, 0.15) is 0 Å². The summed E-state index contributed by atoms with van der Waals surface area (Å²) in [5.41, 5.74) is 7.98. The number of rotatable bonds is 15. The molecule has 3 amide bonds. The molecule has 0 radical (unpaired) electrons. The van der Waals surface area contributed by atoms with E-state index in [2.05, 4.69) is 30.9 Å². The molecule has 5 aromatic rings. The number of sulfonamides is 1. The van der Waals surface area contributed by atoms with E-state index in [4.69, 9.17) is 0 Å². The Bertz CT molecular complexity index is 1960. The molecular weight excluding hydrogens is 683 g/mol. The van der Waals surface area contributed by atoms with Gasteiger partial charge in [-0.15, -0.1) is 11.3 Å². The number of nitrogens with one attached hydrogen (secondary N) is 4. The summed E-state index contributed by atoms with van der Waals surface area (Å²) in [5.74, 6) is -1.56. The van der Waals surface area contributed by atoms with Crippen LogP contribution in [0.25, 0.3) is 10.2 Å². The minimum Gasteiger partial charge on any atom is -0.347 e. The zero-order valence-electron chi connectivity index (χ0n) is 26.6. The van der Waals surface area contributed by atoms with Gasteiger partial charge in [-0.1, -0.05) is 43.3 Å². The number of thiazole rings is 1. The molecule has 0 aliphatic rings. The Kier molecular flexibility index (Phi) is 12.2. The zero-order valence-corrected chi connectivity index (χ0v) is 29.0. The maximum Gasteiger partial charge on any atom is 0.327 e. The van der Waals surface area contributed by atoms with Crippen LogP contribution in [0, 0.1) is 0 Å². The first-order chi connectivity index (χ1) is 23.7. The Morgan fingerprint density at radius 3 is 2.33 bits per heavy atom. The van der Waals surface area contributed by atoms with Crippen LogP contribution in [0.2, 0.25) is 0 Å². The first-order valence-electron chi connectivity index (χ1n) is 15.5. The van der Waals surface area contributed by atoms with Gasteiger partial charge in [0.2, 0.25) is 5.91 Å². The highest BCUT2D eigenvalue weighted by Crippen LogP contribution is 2.30. The van der Waals surface area contributed by atoms with E-state index in [0.717, 1.165) is 33.1 Å². The van der Waals surface area contributed by atoms with Crippen LogP contribution < -0.4 is 25.8 Å². The smallest absolute Gasteiger partial charge is 0.327 e. The van der Waals surface area contributed by atoms with Crippen LogP contribution in [0.4, 0.5) is 17.1 Å². The van der Waals surface area contributed by atoms with Gasteiger partial charge in [0.05, 0.1) is 26.6 Å². The average molecular weight is 718 g/mol. The highest BCUT2D eigenvalue weighted by molar-refractivity contribution is 8.01. The molecule has 0 fully saturated rings. The number of thioether (sulfide) groups is 1. The second kappa shape index (κ2) is 16.9. The third kappa shape index (κ3) is 10.0. The first-order valence-corrected chi connectivity index (χ1v) is 18.8. The quantitative estimate of drug-likeness (QED) is 0.0647. The summed E-state index contributed by atoms with van der Waals surface area (Å²) < 4.78 is 30.7. The maximum atomic E-state index is 13.3. The fourth-order valence-corrected chi connectivity index (χ4v) is 7.59. The molecular formula is C34H35N7O5S3. The number of carbonyl (C=O) groups is 3. The van der Waals surface area contributed by atoms with Gasteiger partial charge in [-0.25, -0.2) is 13.4 Å². The van der Waals surface area contributed by atoms with Crippen LogP contribution in [-0.4, -0.2) is 54.9 Å². The number of pyridine rings is 1. The van der Waals surface area contributed by atoms with Crippen molar-refractivity contribution >= 4 is 78.1 Å². The number of hydrogen-bond acceptors (Lipinski definition) is 10. The normalized spacial score (nSPS) is 11.1. The number of anilines is 3. The van der Waals surface area contributed by atoms with E-state index in [-0.39, 0.29) is 23.1 Å². The number of benzene rings is 3. The minimum atomic E-state index is -3.94. The van der Waals surface area contributed by atoms with E-state index < -0.39 is 21.8 Å². The summed E-state index contributed by atoms with van der Waals surface area (Å²) in [6.07, 6.45) is 3.83. The first kappa shape index (κ1) is 35.3. The molecule has 0 aliphatic heterocycles. The molecule has 0 saturated carbocycles. The number of nitrogens with zero attached hydrogens (tertiary/aromatic N) is 3. The summed E-state index contributed by atoms with van der Waals surface area (Å²) in [6.45, 7) is 2.81. The fraction of sp³-hybridized carbons (Fsp3) is 0.206. The molecule has 0 spiro atoms. The number of hydrogen-bond donors (Lipinski definition) is 4. The van der Waals surface area contributed by atoms with Gasteiger partial charge >= 0.3 is 11.8 Å². The van der Waals surface area contributed by atoms with Crippen LogP contribution in [-0.2, 0) is 30.8 Å². The van der Waals surface area contributed by atoms with Crippen molar-refractivity contribution in [3.63, 3.8) is 0 Å². The molecule has 0 atom stereocenters. The summed E-state index contributed by atoms with van der Waals surface area (Å²) in [5, 5.41) is 2.53. The van der Waals surface area contributed by atoms with Crippen LogP contribution in [0.1, 0.15) is 25.5 Å². The topological polar surface area (TPSA) is 162 Å². The van der Waals surface area contributed by atoms with Crippen LogP contribution >= 0.6 is 23.1 Å². The molecule has 0 saturated heterocycles. The molecule has 0 unspecified atom stereocenters. The standard InChI is InChI=1S/C34H35N7O5S3/c1-2-3-22-41(31(42)23-47-34-37-29-9-4-5-10-30(29)48-34)27-15-17-28(18-16-27)49(45,46)40-26-13-11-25(12-14-26)38-39-33(44)32(43)36-21-19-24-8-6-7-20-35-24/h4-18,20,38,40H,2-3,19,21-23H2,1H3,(H,36,43)(H,39,44). The van der Waals surface area contributed by atoms with Crippen molar-refractivity contribution in [2.24, 2.45) is 0 Å². The van der Waals surface area contributed by atoms with Gasteiger partial charge in [0.25, 0.3) is 10.0 Å². The Morgan fingerprint density at radius 1 is 0.878 bits per heavy atom. The molecule has 4 N–H and O–H groups in total. The molecule has 49 heavy (non-hydrogen) atoms. The Morgan fingerprint density at radius 2 is 1.61 bits per heavy atom. The second-order valence-corrected chi connectivity index (χ2v) is 14.7. The van der Waals surface area contributed by atoms with E-state index in [0.29, 0.717) is 30.0 Å². The summed E-state index contributed by atoms with van der Waals surface area (Å²) in [7, 11) is -3.94. The van der Waals surface area contributed by atoms with E-state index in [1.54, 1.807) is 52.8 Å². The van der Waals surface area contributed by atoms with Crippen LogP contribution in [0.15, 0.2) is 106 Å². The summed E-state index contributed by atoms with van der Waals surface area (Å²) in [4.78, 5) is 48.0. The van der Waals surface area contributed by atoms with Crippen molar-refractivity contribution in [3.05, 3.63) is 103 Å². The van der Waals surface area contributed by atoms with Crippen LogP contribution in [0.3, 0.4) is 0 Å². The van der Waals surface area contributed by atoms with Crippen molar-refractivity contribution in [2.45, 2.75) is 35.4 Å². The molecule has 2 aromatic heterocycles. The van der Waals surface area contributed by atoms with Crippen molar-refractivity contribution in [1.82, 2.24) is 20.7 Å². The minimum absolute atomic E-state index is 0.0338. The molecule has 12 nitrogen and oxygen atoms in total. The van der Waals surface area contributed by atoms with E-state index in [1.165, 1.54) is 36.0 Å². The number of carbonyl (C=O) groups excluding carboxylic acids is 3. The van der Waals surface area contributed by atoms with Gasteiger partial charge in [0, 0.05) is 42.8 Å². The molecule has 2 heterocycles. The van der Waals surface area contributed by atoms with Gasteiger partial charge in [-0.2, -0.15) is 0 Å². The Labute approximate surface area is 292 Å². The third-order valence-electron chi connectivity index (χ3n) is 7.14. The van der Waals surface area contributed by atoms with E-state index >= 15 is 0 Å². The summed E-state index contributed by atoms with van der Waals surface area (Å²) >= 11 is 2.94. The lowest BCUT2D eigenvalue weighted by Gasteiger charge is -2.23. The predicted molar refractivity (Wildman–Crippen MR) is 194 cm³/mol. The number of hydrazine groups is 1. The van der Waals surface area contributed by atoms with Crippen molar-refractivity contribution < 1.29 is 22.8 Å². The van der Waals surface area contributed by atoms with Gasteiger partial charge in [-0.05, 0) is 79.2 Å². The SMILES string of the molecule is CCCCN(C(=O)CSc1nc2ccccc2s1)c1ccc(S(=O)(=O)Nc2ccc(NNC(=O)C(=O)NCCc3ccccn3)cc2)cc1. The molecule has 254 valence electrons. The van der Waals surface area contributed by atoms with Crippen molar-refractivity contribution in [3.8, 4) is 0 Å². The predicted octanol–water partition coefficient (Wildman–Crippen LogP) is 5.22. The van der Waals surface area contributed by atoms with Crippen LogP contribution in [0.5, 0.6) is 0 Å². The number of amides is 3. The number of aromatic nitrogens is 2. The number of unbranched alkanes of at least 4 members (excludes halogenated alkanes) is 1. The monoisotopic (exact) mass is 717 g/mol. The van der Waals surface area contributed by atoms with Crippen molar-refractivity contribution in [2.75, 3.05) is 33.9 Å². The molecule has 5 rings (SSSR count). The van der Waals surface area contributed by atoms with E-state index in [1.807, 2.05) is 43.3 Å². The number of fused-ring (bicyclic) bond motifs is 1. The third-order valence-corrected chi connectivity index (χ3v) is 10.7. The summed E-state index contributed by atoms with van der Waals surface area (Å²) in [6, 6.07) is 25.6. The molecule has 0 aliphatic carbocycles. The molecule has 0 bridgehead atoms. The lowest BCUT2D eigenvalue weighted by atomic mass is 10.2. The average Bonchev–Trinajstić information content (AvgIpc) is 3.54. The Hall–Kier alpha value is -4.99. The second-order valence-electron chi connectivity index (χ2n) is 10.7. The molecule has 15 heteroatoms. The zero-order chi connectivity index (χ0) is 34.6. The van der Waals surface area contributed by atoms with Gasteiger partial charge in [0.15, 0.2) is 4.34 Å². The lowest BCUT2D eigenvalue weighted by molar-refractivity contribution is -0.138. The van der Waals surface area contributed by atoms with E-state index in [9.17, 15) is 22.8 Å². The van der Waals surface area contributed by atoms with Gasteiger partial charge < -0.3 is 10.2 Å². The highest BCUT2D eigenvalue weighted by atomic mass is 32.2. The lowest BCUT2D eigenvalue weighted by Crippen LogP contribution is -2.43. The maximum absolute atomic E-state index is 13.3. The number of para-hydroxylation sites is 1.